The monoisotopic (exact) mass is 339 g/mol. The van der Waals surface area contributed by atoms with E-state index in [1.807, 2.05) is 0 Å². The average molecular weight is 340 g/mol. The Morgan fingerprint density at radius 2 is 1.87 bits per heavy atom. The van der Waals surface area contributed by atoms with Crippen LogP contribution in [0.25, 0.3) is 22.0 Å². The van der Waals surface area contributed by atoms with Crippen molar-refractivity contribution < 1.29 is 17.9 Å². The highest BCUT2D eigenvalue weighted by Crippen LogP contribution is 2.40. The van der Waals surface area contributed by atoms with E-state index in [9.17, 15) is 13.2 Å². The third-order valence-electron chi connectivity index (χ3n) is 3.38. The number of anilines is 1. The second kappa shape index (κ2) is 5.58. The summed E-state index contributed by atoms with van der Waals surface area (Å²) in [5.41, 5.74) is 5.39. The van der Waals surface area contributed by atoms with Crippen LogP contribution in [0.5, 0.6) is 5.75 Å². The highest BCUT2D eigenvalue weighted by atomic mass is 35.5. The Balaban J connectivity index is 2.46. The molecule has 0 aliphatic carbocycles. The van der Waals surface area contributed by atoms with Gasteiger partial charge in [0.1, 0.15) is 34.6 Å². The summed E-state index contributed by atoms with van der Waals surface area (Å²) in [7, 11) is 1.33. The van der Waals surface area contributed by atoms with E-state index in [0.717, 1.165) is 24.5 Å². The number of nitrogen functional groups attached to an aromatic ring is 1. The summed E-state index contributed by atoms with van der Waals surface area (Å²) in [6.07, 6.45) is 1.11. The van der Waals surface area contributed by atoms with Crippen molar-refractivity contribution in [1.29, 1.82) is 0 Å². The third-order valence-corrected chi connectivity index (χ3v) is 3.73. The van der Waals surface area contributed by atoms with Gasteiger partial charge in [-0.25, -0.2) is 23.1 Å². The number of aromatic nitrogens is 2. The maximum Gasteiger partial charge on any atom is 0.152 e. The van der Waals surface area contributed by atoms with Gasteiger partial charge in [-0.05, 0) is 12.1 Å². The molecule has 1 aromatic heterocycles. The Morgan fingerprint density at radius 3 is 2.57 bits per heavy atom. The first-order valence-electron chi connectivity index (χ1n) is 6.36. The molecule has 0 aliphatic heterocycles. The summed E-state index contributed by atoms with van der Waals surface area (Å²) >= 11 is 5.57. The van der Waals surface area contributed by atoms with Gasteiger partial charge < -0.3 is 10.5 Å². The largest absolute Gasteiger partial charge is 0.496 e. The van der Waals surface area contributed by atoms with Crippen molar-refractivity contribution in [3.8, 4) is 16.9 Å². The Labute approximate surface area is 133 Å². The van der Waals surface area contributed by atoms with Gasteiger partial charge in [-0.15, -0.1) is 0 Å². The standard InChI is InChI=1S/C15H9ClF3N3O/c1-23-9-4-8(18)10(14-11(9)15(20)22-5-21-14)6-2-3-7(17)12(16)13(6)19/h2-5H,1H3,(H2,20,21,22). The number of nitrogens with two attached hydrogens (primary N) is 1. The summed E-state index contributed by atoms with van der Waals surface area (Å²) in [6, 6.07) is 3.06. The molecule has 1 heterocycles. The van der Waals surface area contributed by atoms with Crippen molar-refractivity contribution in [2.24, 2.45) is 0 Å². The first-order valence-corrected chi connectivity index (χ1v) is 6.74. The molecule has 0 aliphatic rings. The fourth-order valence-electron chi connectivity index (χ4n) is 2.34. The number of ether oxygens (including phenoxy) is 1. The third kappa shape index (κ3) is 2.33. The fraction of sp³-hybridized carbons (Fsp3) is 0.0667. The van der Waals surface area contributed by atoms with E-state index in [0.29, 0.717) is 0 Å². The molecule has 0 saturated carbocycles. The van der Waals surface area contributed by atoms with E-state index in [2.05, 4.69) is 9.97 Å². The maximum atomic E-state index is 14.5. The van der Waals surface area contributed by atoms with Crippen molar-refractivity contribution in [1.82, 2.24) is 9.97 Å². The molecule has 2 N–H and O–H groups in total. The second-order valence-electron chi connectivity index (χ2n) is 4.64. The van der Waals surface area contributed by atoms with E-state index in [1.54, 1.807) is 0 Å². The van der Waals surface area contributed by atoms with Crippen LogP contribution < -0.4 is 10.5 Å². The average Bonchev–Trinajstić information content (AvgIpc) is 2.53. The molecule has 0 bridgehead atoms. The summed E-state index contributed by atoms with van der Waals surface area (Å²) < 4.78 is 47.2. The first-order chi connectivity index (χ1) is 11.0. The molecule has 118 valence electrons. The molecule has 0 spiro atoms. The number of hydrogen-bond acceptors (Lipinski definition) is 4. The van der Waals surface area contributed by atoms with E-state index < -0.39 is 22.5 Å². The lowest BCUT2D eigenvalue weighted by atomic mass is 10.00. The predicted molar refractivity (Wildman–Crippen MR) is 80.8 cm³/mol. The number of fused-ring (bicyclic) bond motifs is 1. The number of benzene rings is 2. The van der Waals surface area contributed by atoms with Crippen LogP contribution in [0.3, 0.4) is 0 Å². The molecule has 0 radical (unpaired) electrons. The van der Waals surface area contributed by atoms with Crippen LogP contribution in [0.2, 0.25) is 5.02 Å². The lowest BCUT2D eigenvalue weighted by Crippen LogP contribution is -2.01. The number of methoxy groups -OCH3 is 1. The van der Waals surface area contributed by atoms with E-state index in [1.165, 1.54) is 7.11 Å². The van der Waals surface area contributed by atoms with Gasteiger partial charge in [-0.3, -0.25) is 0 Å². The number of nitrogens with zero attached hydrogens (tertiary/aromatic N) is 2. The molecule has 23 heavy (non-hydrogen) atoms. The van der Waals surface area contributed by atoms with Crippen LogP contribution in [0.15, 0.2) is 24.5 Å². The SMILES string of the molecule is COc1cc(F)c(-c2ccc(F)c(Cl)c2F)c2ncnc(N)c12. The van der Waals surface area contributed by atoms with Crippen molar-refractivity contribution in [3.63, 3.8) is 0 Å². The molecule has 3 aromatic rings. The van der Waals surface area contributed by atoms with Crippen molar-refractivity contribution in [3.05, 3.63) is 47.0 Å². The van der Waals surface area contributed by atoms with E-state index >= 15 is 0 Å². The van der Waals surface area contributed by atoms with Gasteiger partial charge in [0, 0.05) is 17.2 Å². The Kier molecular flexibility index (Phi) is 3.73. The molecule has 2 aromatic carbocycles. The van der Waals surface area contributed by atoms with Crippen molar-refractivity contribution >= 4 is 28.3 Å². The molecule has 8 heteroatoms. The molecule has 0 amide bonds. The maximum absolute atomic E-state index is 14.5. The zero-order chi connectivity index (χ0) is 16.7. The lowest BCUT2D eigenvalue weighted by molar-refractivity contribution is 0.416. The quantitative estimate of drug-likeness (QED) is 0.718. The normalized spacial score (nSPS) is 11.0. The molecule has 0 saturated heterocycles. The summed E-state index contributed by atoms with van der Waals surface area (Å²) in [6.45, 7) is 0. The highest BCUT2D eigenvalue weighted by Gasteiger charge is 2.22. The predicted octanol–water partition coefficient (Wildman–Crippen LogP) is 3.96. The van der Waals surface area contributed by atoms with E-state index in [4.69, 9.17) is 22.1 Å². The first kappa shape index (κ1) is 15.4. The number of hydrogen-bond donors (Lipinski definition) is 1. The smallest absolute Gasteiger partial charge is 0.152 e. The van der Waals surface area contributed by atoms with Gasteiger partial charge >= 0.3 is 0 Å². The van der Waals surface area contributed by atoms with Crippen LogP contribution in [0, 0.1) is 17.5 Å². The number of halogens is 4. The topological polar surface area (TPSA) is 61.0 Å². The van der Waals surface area contributed by atoms with Crippen LogP contribution in [-0.4, -0.2) is 17.1 Å². The minimum atomic E-state index is -1.09. The molecule has 0 atom stereocenters. The molecular formula is C15H9ClF3N3O. The van der Waals surface area contributed by atoms with Crippen LogP contribution in [-0.2, 0) is 0 Å². The summed E-state index contributed by atoms with van der Waals surface area (Å²) in [4.78, 5) is 7.79. The van der Waals surface area contributed by atoms with Gasteiger partial charge in [0.25, 0.3) is 0 Å². The van der Waals surface area contributed by atoms with Crippen molar-refractivity contribution in [2.75, 3.05) is 12.8 Å². The van der Waals surface area contributed by atoms with Gasteiger partial charge in [0.2, 0.25) is 0 Å². The van der Waals surface area contributed by atoms with Crippen LogP contribution >= 0.6 is 11.6 Å². The van der Waals surface area contributed by atoms with Gasteiger partial charge in [-0.2, -0.15) is 0 Å². The molecular weight excluding hydrogens is 331 g/mol. The Hall–Kier alpha value is -2.54. The summed E-state index contributed by atoms with van der Waals surface area (Å²) in [5, 5.41) is -0.501. The molecule has 0 fully saturated rings. The van der Waals surface area contributed by atoms with Gasteiger partial charge in [0.05, 0.1) is 18.0 Å². The van der Waals surface area contributed by atoms with Gasteiger partial charge in [0.15, 0.2) is 5.82 Å². The molecule has 4 nitrogen and oxygen atoms in total. The Bertz CT molecular complexity index is 934. The van der Waals surface area contributed by atoms with Crippen LogP contribution in [0.1, 0.15) is 0 Å². The minimum Gasteiger partial charge on any atom is -0.496 e. The van der Waals surface area contributed by atoms with Crippen molar-refractivity contribution in [2.45, 2.75) is 0 Å². The fourth-order valence-corrected chi connectivity index (χ4v) is 2.51. The van der Waals surface area contributed by atoms with Crippen LogP contribution in [0.4, 0.5) is 19.0 Å². The molecule has 3 rings (SSSR count). The highest BCUT2D eigenvalue weighted by molar-refractivity contribution is 6.31. The summed E-state index contributed by atoms with van der Waals surface area (Å²) in [5.74, 6) is -2.70. The minimum absolute atomic E-state index is 0.0379. The number of rotatable bonds is 2. The Morgan fingerprint density at radius 1 is 1.13 bits per heavy atom. The molecule has 0 unspecified atom stereocenters. The zero-order valence-corrected chi connectivity index (χ0v) is 12.5. The zero-order valence-electron chi connectivity index (χ0n) is 11.7. The van der Waals surface area contributed by atoms with E-state index in [-0.39, 0.29) is 33.6 Å². The van der Waals surface area contributed by atoms with Gasteiger partial charge in [-0.1, -0.05) is 11.6 Å². The second-order valence-corrected chi connectivity index (χ2v) is 5.02. The lowest BCUT2D eigenvalue weighted by Gasteiger charge is -2.13.